The Hall–Kier alpha value is -6.52. The molecule has 2 heterocycles. The average molecular weight is 678 g/mol. The van der Waals surface area contributed by atoms with Gasteiger partial charge >= 0.3 is 0 Å². The summed E-state index contributed by atoms with van der Waals surface area (Å²) in [7, 11) is 1.64. The van der Waals surface area contributed by atoms with Gasteiger partial charge in [-0.15, -0.1) is 20.4 Å². The standard InChI is InChI=1S/C19H24N2O4.C15H11N9O/c1-13(9-14-3-6-16(25-2)7-4-14)20-11-19(24)15-5-8-18(23)17(10-15)21-12-22;25-15(11-3-1-9(2-4-11)13-17-21-22-18-13)16-12-7-5-10(6-8-12)14-19-23-24-20-14/h3-8,10,12-13,19-20,23-24H,9,11H2,1-2H3,(H,21,22);1-8H,(H,16,25)(H,17,18,21,22)(H,19,20,23,24)/t13-,19+;/m1./s1. The van der Waals surface area contributed by atoms with Gasteiger partial charge in [-0.1, -0.05) is 30.3 Å². The van der Waals surface area contributed by atoms with E-state index in [9.17, 15) is 19.8 Å². The molecule has 2 aromatic heterocycles. The third-order valence-electron chi connectivity index (χ3n) is 7.48. The number of carbonyl (C=O) groups excluding carboxylic acids is 2. The monoisotopic (exact) mass is 677 g/mol. The van der Waals surface area contributed by atoms with Gasteiger partial charge in [-0.25, -0.2) is 0 Å². The molecule has 0 radical (unpaired) electrons. The number of nitrogens with one attached hydrogen (secondary N) is 5. The molecule has 0 aliphatic heterocycles. The first-order valence-electron chi connectivity index (χ1n) is 15.4. The molecule has 4 aromatic carbocycles. The number of carbonyl (C=O) groups is 2. The third-order valence-corrected chi connectivity index (χ3v) is 7.48. The van der Waals surface area contributed by atoms with E-state index in [1.54, 1.807) is 67.8 Å². The number of aliphatic hydroxyl groups is 1. The van der Waals surface area contributed by atoms with Gasteiger partial charge in [0.25, 0.3) is 5.91 Å². The van der Waals surface area contributed by atoms with Crippen LogP contribution in [0.2, 0.25) is 0 Å². The second kappa shape index (κ2) is 17.0. The van der Waals surface area contributed by atoms with Crippen LogP contribution in [-0.2, 0) is 11.2 Å². The van der Waals surface area contributed by atoms with Crippen molar-refractivity contribution in [2.75, 3.05) is 24.3 Å². The SMILES string of the molecule is COc1ccc(C[C@@H](C)NC[C@H](O)c2ccc(O)c(NC=O)c2)cc1.O=C(Nc1ccc(-c2nn[nH]n2)cc1)c1ccc(-c2nn[nH]n2)cc1. The minimum Gasteiger partial charge on any atom is -0.506 e. The molecular weight excluding hydrogens is 642 g/mol. The zero-order valence-corrected chi connectivity index (χ0v) is 27.1. The fourth-order valence-corrected chi connectivity index (χ4v) is 4.80. The summed E-state index contributed by atoms with van der Waals surface area (Å²) in [6, 6.07) is 26.8. The molecule has 2 amide bonds. The number of phenolic OH excluding ortho intramolecular Hbond substituents is 1. The second-order valence-corrected chi connectivity index (χ2v) is 11.0. The van der Waals surface area contributed by atoms with Crippen molar-refractivity contribution in [2.24, 2.45) is 0 Å². The zero-order valence-electron chi connectivity index (χ0n) is 27.1. The number of aliphatic hydroxyl groups excluding tert-OH is 1. The highest BCUT2D eigenvalue weighted by molar-refractivity contribution is 6.04. The number of tetrazole rings is 2. The highest BCUT2D eigenvalue weighted by atomic mass is 16.5. The molecule has 0 bridgehead atoms. The van der Waals surface area contributed by atoms with Crippen molar-refractivity contribution < 1.29 is 24.5 Å². The van der Waals surface area contributed by atoms with Gasteiger partial charge in [-0.3, -0.25) is 9.59 Å². The number of nitrogens with zero attached hydrogens (tertiary/aromatic N) is 6. The molecule has 256 valence electrons. The van der Waals surface area contributed by atoms with Crippen LogP contribution in [0.15, 0.2) is 91.0 Å². The van der Waals surface area contributed by atoms with Gasteiger partial charge < -0.3 is 30.9 Å². The lowest BCUT2D eigenvalue weighted by atomic mass is 10.1. The number of benzene rings is 4. The molecule has 7 N–H and O–H groups in total. The van der Waals surface area contributed by atoms with Crippen molar-refractivity contribution in [1.82, 2.24) is 46.6 Å². The van der Waals surface area contributed by atoms with E-state index in [0.717, 1.165) is 23.3 Å². The maximum atomic E-state index is 12.3. The Morgan fingerprint density at radius 3 is 2.06 bits per heavy atom. The van der Waals surface area contributed by atoms with E-state index >= 15 is 0 Å². The summed E-state index contributed by atoms with van der Waals surface area (Å²) in [6.45, 7) is 2.41. The lowest BCUT2D eigenvalue weighted by Crippen LogP contribution is -2.32. The maximum Gasteiger partial charge on any atom is 0.255 e. The smallest absolute Gasteiger partial charge is 0.255 e. The van der Waals surface area contributed by atoms with E-state index < -0.39 is 6.10 Å². The number of amides is 2. The Kier molecular flexibility index (Phi) is 11.9. The average Bonchev–Trinajstić information content (AvgIpc) is 3.89. The highest BCUT2D eigenvalue weighted by Crippen LogP contribution is 2.26. The minimum absolute atomic E-state index is 0.0381. The van der Waals surface area contributed by atoms with Gasteiger partial charge in [0.1, 0.15) is 11.5 Å². The van der Waals surface area contributed by atoms with E-state index in [-0.39, 0.29) is 23.4 Å². The van der Waals surface area contributed by atoms with Crippen LogP contribution in [0.5, 0.6) is 11.5 Å². The molecular formula is C34H35N11O5. The molecule has 0 saturated carbocycles. The summed E-state index contributed by atoms with van der Waals surface area (Å²) in [5.74, 6) is 1.54. The van der Waals surface area contributed by atoms with Crippen molar-refractivity contribution >= 4 is 23.7 Å². The number of phenols is 1. The van der Waals surface area contributed by atoms with Gasteiger partial charge in [0.05, 0.1) is 18.9 Å². The zero-order chi connectivity index (χ0) is 35.3. The van der Waals surface area contributed by atoms with E-state index in [1.165, 1.54) is 11.6 Å². The molecule has 0 aliphatic carbocycles. The normalized spacial score (nSPS) is 11.8. The quantitative estimate of drug-likeness (QED) is 0.0688. The van der Waals surface area contributed by atoms with Gasteiger partial charge in [0.2, 0.25) is 18.1 Å². The number of aromatic hydroxyl groups is 1. The Bertz CT molecular complexity index is 1940. The van der Waals surface area contributed by atoms with Crippen molar-refractivity contribution in [1.29, 1.82) is 0 Å². The first-order valence-corrected chi connectivity index (χ1v) is 15.4. The molecule has 0 unspecified atom stereocenters. The molecule has 0 fully saturated rings. The molecule has 50 heavy (non-hydrogen) atoms. The van der Waals surface area contributed by atoms with Crippen molar-refractivity contribution in [3.05, 3.63) is 108 Å². The van der Waals surface area contributed by atoms with Crippen molar-refractivity contribution in [2.45, 2.75) is 25.5 Å². The Morgan fingerprint density at radius 1 is 0.880 bits per heavy atom. The number of ether oxygens (including phenoxy) is 1. The lowest BCUT2D eigenvalue weighted by Gasteiger charge is -2.18. The van der Waals surface area contributed by atoms with E-state index in [0.29, 0.717) is 41.4 Å². The summed E-state index contributed by atoms with van der Waals surface area (Å²) in [4.78, 5) is 22.9. The van der Waals surface area contributed by atoms with Crippen molar-refractivity contribution in [3.63, 3.8) is 0 Å². The molecule has 16 nitrogen and oxygen atoms in total. The van der Waals surface area contributed by atoms with Crippen molar-refractivity contribution in [3.8, 4) is 34.3 Å². The predicted molar refractivity (Wildman–Crippen MR) is 184 cm³/mol. The predicted octanol–water partition coefficient (Wildman–Crippen LogP) is 3.52. The molecule has 6 aromatic rings. The number of methoxy groups -OCH3 is 1. The van der Waals surface area contributed by atoms with E-state index in [1.807, 2.05) is 31.2 Å². The number of rotatable bonds is 13. The molecule has 6 rings (SSSR count). The number of H-pyrrole nitrogens is 2. The Balaban J connectivity index is 0.000000194. The number of aromatic nitrogens is 8. The van der Waals surface area contributed by atoms with E-state index in [2.05, 4.69) is 57.2 Å². The summed E-state index contributed by atoms with van der Waals surface area (Å²) in [6.07, 6.45) is 0.566. The van der Waals surface area contributed by atoms with Crippen LogP contribution < -0.4 is 20.7 Å². The lowest BCUT2D eigenvalue weighted by molar-refractivity contribution is -0.105. The van der Waals surface area contributed by atoms with Crippen LogP contribution in [0, 0.1) is 0 Å². The van der Waals surface area contributed by atoms with Crippen LogP contribution >= 0.6 is 0 Å². The number of hydrogen-bond acceptors (Lipinski definition) is 12. The molecule has 0 saturated heterocycles. The van der Waals surface area contributed by atoms with E-state index in [4.69, 9.17) is 4.74 Å². The van der Waals surface area contributed by atoms with Crippen LogP contribution in [0.1, 0.15) is 34.5 Å². The van der Waals surface area contributed by atoms with Crippen LogP contribution in [0.25, 0.3) is 22.8 Å². The Morgan fingerprint density at radius 2 is 1.50 bits per heavy atom. The number of hydrogen-bond donors (Lipinski definition) is 7. The van der Waals surface area contributed by atoms with Crippen LogP contribution in [0.3, 0.4) is 0 Å². The molecule has 16 heteroatoms. The van der Waals surface area contributed by atoms with Gasteiger partial charge in [-0.2, -0.15) is 10.4 Å². The van der Waals surface area contributed by atoms with Gasteiger partial charge in [0, 0.05) is 35.0 Å². The Labute approximate surface area is 286 Å². The second-order valence-electron chi connectivity index (χ2n) is 11.0. The number of anilines is 2. The largest absolute Gasteiger partial charge is 0.506 e. The molecule has 0 aliphatic rings. The van der Waals surface area contributed by atoms with Crippen LogP contribution in [-0.4, -0.2) is 83.5 Å². The summed E-state index contributed by atoms with van der Waals surface area (Å²) in [5.41, 5.74) is 4.83. The fourth-order valence-electron chi connectivity index (χ4n) is 4.80. The molecule has 0 spiro atoms. The summed E-state index contributed by atoms with van der Waals surface area (Å²) < 4.78 is 5.14. The summed E-state index contributed by atoms with van der Waals surface area (Å²) >= 11 is 0. The van der Waals surface area contributed by atoms with Crippen LogP contribution in [0.4, 0.5) is 11.4 Å². The fraction of sp³-hybridized carbons (Fsp3) is 0.176. The topological polar surface area (TPSA) is 229 Å². The highest BCUT2D eigenvalue weighted by Gasteiger charge is 2.13. The molecule has 2 atom stereocenters. The van der Waals surface area contributed by atoms with Gasteiger partial charge in [0.15, 0.2) is 0 Å². The van der Waals surface area contributed by atoms with Gasteiger partial charge in [-0.05, 0) is 95.6 Å². The minimum atomic E-state index is -0.744. The third kappa shape index (κ3) is 9.52. The maximum absolute atomic E-state index is 12.3. The first-order chi connectivity index (χ1) is 24.3. The first kappa shape index (κ1) is 34.8. The summed E-state index contributed by atoms with van der Waals surface area (Å²) in [5, 5.41) is 55.9. The number of aromatic amines is 2.